The average molecular weight is 356 g/mol. The Bertz CT molecular complexity index is 851. The van der Waals surface area contributed by atoms with Crippen LogP contribution in [0.5, 0.6) is 0 Å². The summed E-state index contributed by atoms with van der Waals surface area (Å²) in [5.41, 5.74) is 0.446. The van der Waals surface area contributed by atoms with E-state index in [1.807, 2.05) is 0 Å². The smallest absolute Gasteiger partial charge is 0.354 e. The molecule has 6 nitrogen and oxygen atoms in total. The second kappa shape index (κ2) is 7.43. The third-order valence-electron chi connectivity index (χ3n) is 4.43. The topological polar surface area (TPSA) is 87.6 Å². The zero-order valence-electron chi connectivity index (χ0n) is 13.9. The highest BCUT2D eigenvalue weighted by atomic mass is 19.1. The number of rotatable bonds is 4. The van der Waals surface area contributed by atoms with Crippen LogP contribution >= 0.6 is 0 Å². The number of carboxylic acids is 1. The molecule has 1 atom stereocenters. The van der Waals surface area contributed by atoms with Gasteiger partial charge in [-0.1, -0.05) is 0 Å². The van der Waals surface area contributed by atoms with E-state index in [1.165, 1.54) is 42.6 Å². The van der Waals surface area contributed by atoms with Gasteiger partial charge in [-0.2, -0.15) is 0 Å². The van der Waals surface area contributed by atoms with Gasteiger partial charge in [0.2, 0.25) is 0 Å². The van der Waals surface area contributed by atoms with E-state index in [2.05, 4.69) is 4.98 Å². The summed E-state index contributed by atoms with van der Waals surface area (Å²) in [5, 5.41) is 9.00. The summed E-state index contributed by atoms with van der Waals surface area (Å²) >= 11 is 0. The number of hydrogen-bond donors (Lipinski definition) is 1. The molecule has 2 aromatic rings. The Morgan fingerprint density at radius 2 is 1.85 bits per heavy atom. The van der Waals surface area contributed by atoms with Gasteiger partial charge in [0.1, 0.15) is 11.5 Å². The molecule has 1 unspecified atom stereocenters. The summed E-state index contributed by atoms with van der Waals surface area (Å²) in [5.74, 6) is -2.43. The maximum Gasteiger partial charge on any atom is 0.354 e. The molecule has 3 rings (SSSR count). The van der Waals surface area contributed by atoms with E-state index in [0.717, 1.165) is 0 Å². The molecular formula is C19H17FN2O4. The minimum atomic E-state index is -1.21. The number of hydrogen-bond acceptors (Lipinski definition) is 4. The molecule has 1 aliphatic rings. The second-order valence-corrected chi connectivity index (χ2v) is 6.20. The van der Waals surface area contributed by atoms with Crippen LogP contribution in [0.15, 0.2) is 42.6 Å². The molecule has 0 radical (unpaired) electrons. The van der Waals surface area contributed by atoms with Gasteiger partial charge in [-0.15, -0.1) is 0 Å². The van der Waals surface area contributed by atoms with Gasteiger partial charge in [0.25, 0.3) is 5.91 Å². The number of Topliss-reactive ketones (excluding diaryl/α,β-unsaturated/α-hetero) is 1. The molecule has 1 saturated heterocycles. The maximum atomic E-state index is 13.0. The van der Waals surface area contributed by atoms with Crippen molar-refractivity contribution in [3.05, 3.63) is 65.2 Å². The Labute approximate surface area is 149 Å². The van der Waals surface area contributed by atoms with Crippen molar-refractivity contribution in [2.45, 2.75) is 12.8 Å². The lowest BCUT2D eigenvalue weighted by molar-refractivity contribution is 0.0636. The molecule has 26 heavy (non-hydrogen) atoms. The van der Waals surface area contributed by atoms with Crippen LogP contribution in [-0.4, -0.2) is 45.7 Å². The summed E-state index contributed by atoms with van der Waals surface area (Å²) in [4.78, 5) is 41.5. The number of carboxylic acid groups (broad SMARTS) is 1. The molecule has 0 aliphatic carbocycles. The Kier molecular flexibility index (Phi) is 5.06. The Hall–Kier alpha value is -3.09. The van der Waals surface area contributed by atoms with Gasteiger partial charge >= 0.3 is 5.97 Å². The molecule has 2 heterocycles. The van der Waals surface area contributed by atoms with Crippen LogP contribution in [-0.2, 0) is 0 Å². The highest BCUT2D eigenvalue weighted by Gasteiger charge is 2.29. The predicted octanol–water partition coefficient (Wildman–Crippen LogP) is 2.65. The van der Waals surface area contributed by atoms with Gasteiger partial charge in [-0.05, 0) is 49.2 Å². The molecular weight excluding hydrogens is 339 g/mol. The van der Waals surface area contributed by atoms with Crippen LogP contribution in [0.1, 0.15) is 44.0 Å². The lowest BCUT2D eigenvalue weighted by Gasteiger charge is -2.32. The second-order valence-electron chi connectivity index (χ2n) is 6.20. The number of ketones is 1. The van der Waals surface area contributed by atoms with Gasteiger partial charge in [-0.25, -0.2) is 14.2 Å². The normalized spacial score (nSPS) is 17.0. The van der Waals surface area contributed by atoms with Gasteiger partial charge in [0.05, 0.1) is 0 Å². The number of benzene rings is 1. The Morgan fingerprint density at radius 3 is 2.54 bits per heavy atom. The number of likely N-dealkylation sites (tertiary alicyclic amines) is 1. The van der Waals surface area contributed by atoms with Crippen molar-refractivity contribution >= 4 is 17.7 Å². The highest BCUT2D eigenvalue weighted by Crippen LogP contribution is 2.22. The molecule has 1 aromatic heterocycles. The summed E-state index contributed by atoms with van der Waals surface area (Å²) in [6.07, 6.45) is 2.60. The van der Waals surface area contributed by atoms with Crippen LogP contribution < -0.4 is 0 Å². The summed E-state index contributed by atoms with van der Waals surface area (Å²) in [7, 11) is 0. The van der Waals surface area contributed by atoms with E-state index >= 15 is 0 Å². The summed E-state index contributed by atoms with van der Waals surface area (Å²) in [6.45, 7) is 0.747. The van der Waals surface area contributed by atoms with E-state index in [4.69, 9.17) is 5.11 Å². The zero-order chi connectivity index (χ0) is 18.7. The minimum absolute atomic E-state index is 0.122. The van der Waals surface area contributed by atoms with Crippen LogP contribution in [0.4, 0.5) is 4.39 Å². The number of carbonyl (C=O) groups is 3. The van der Waals surface area contributed by atoms with E-state index < -0.39 is 11.8 Å². The number of aromatic carboxylic acids is 1. The van der Waals surface area contributed by atoms with Crippen molar-refractivity contribution in [2.24, 2.45) is 5.92 Å². The lowest BCUT2D eigenvalue weighted by atomic mass is 9.89. The van der Waals surface area contributed by atoms with E-state index in [1.54, 1.807) is 4.90 Å². The van der Waals surface area contributed by atoms with E-state index in [9.17, 15) is 18.8 Å². The first kappa shape index (κ1) is 17.7. The fourth-order valence-corrected chi connectivity index (χ4v) is 3.09. The first-order valence-electron chi connectivity index (χ1n) is 8.24. The molecule has 1 N–H and O–H groups in total. The molecule has 0 saturated carbocycles. The number of carbonyl (C=O) groups excluding carboxylic acids is 2. The van der Waals surface area contributed by atoms with Crippen molar-refractivity contribution in [3.8, 4) is 0 Å². The number of piperidine rings is 1. The van der Waals surface area contributed by atoms with E-state index in [-0.39, 0.29) is 35.4 Å². The number of pyridine rings is 1. The first-order valence-corrected chi connectivity index (χ1v) is 8.24. The Morgan fingerprint density at radius 1 is 1.12 bits per heavy atom. The van der Waals surface area contributed by atoms with Gasteiger partial charge in [-0.3, -0.25) is 9.59 Å². The predicted molar refractivity (Wildman–Crippen MR) is 90.6 cm³/mol. The summed E-state index contributed by atoms with van der Waals surface area (Å²) < 4.78 is 13.0. The molecule has 1 aliphatic heterocycles. The molecule has 134 valence electrons. The third-order valence-corrected chi connectivity index (χ3v) is 4.43. The molecule has 7 heteroatoms. The monoisotopic (exact) mass is 356 g/mol. The van der Waals surface area contributed by atoms with Crippen molar-refractivity contribution < 1.29 is 23.9 Å². The molecule has 1 fully saturated rings. The van der Waals surface area contributed by atoms with Crippen LogP contribution in [0.25, 0.3) is 0 Å². The molecule has 0 spiro atoms. The zero-order valence-corrected chi connectivity index (χ0v) is 13.9. The van der Waals surface area contributed by atoms with Crippen LogP contribution in [0, 0.1) is 11.7 Å². The Balaban J connectivity index is 1.74. The average Bonchev–Trinajstić information content (AvgIpc) is 2.67. The number of nitrogens with zero attached hydrogens (tertiary/aromatic N) is 2. The maximum absolute atomic E-state index is 13.0. The van der Waals surface area contributed by atoms with Gasteiger partial charge < -0.3 is 10.0 Å². The number of halogens is 1. The fourth-order valence-electron chi connectivity index (χ4n) is 3.09. The van der Waals surface area contributed by atoms with E-state index in [0.29, 0.717) is 24.9 Å². The van der Waals surface area contributed by atoms with Crippen molar-refractivity contribution in [2.75, 3.05) is 13.1 Å². The van der Waals surface area contributed by atoms with Crippen LogP contribution in [0.3, 0.4) is 0 Å². The quantitative estimate of drug-likeness (QED) is 0.851. The van der Waals surface area contributed by atoms with Gasteiger partial charge in [0.15, 0.2) is 5.78 Å². The largest absolute Gasteiger partial charge is 0.477 e. The molecule has 1 amide bonds. The van der Waals surface area contributed by atoms with Crippen LogP contribution in [0.2, 0.25) is 0 Å². The highest BCUT2D eigenvalue weighted by molar-refractivity contribution is 6.00. The molecule has 0 bridgehead atoms. The lowest BCUT2D eigenvalue weighted by Crippen LogP contribution is -2.42. The number of aromatic nitrogens is 1. The fraction of sp³-hybridized carbons (Fsp3) is 0.263. The SMILES string of the molecule is O=C(O)c1cc(C(=O)N2CCCC(C(=O)c3ccc(F)cc3)C2)ccn1. The number of amides is 1. The standard InChI is InChI=1S/C19H17FN2O4/c20-15-5-3-12(4-6-15)17(23)14-2-1-9-22(11-14)18(24)13-7-8-21-16(10-13)19(25)26/h3-8,10,14H,1-2,9,11H2,(H,25,26). The summed E-state index contributed by atoms with van der Waals surface area (Å²) in [6, 6.07) is 8.06. The third kappa shape index (κ3) is 3.77. The molecule has 1 aromatic carbocycles. The van der Waals surface area contributed by atoms with Crippen molar-refractivity contribution in [1.82, 2.24) is 9.88 Å². The minimum Gasteiger partial charge on any atom is -0.477 e. The van der Waals surface area contributed by atoms with Crippen molar-refractivity contribution in [3.63, 3.8) is 0 Å². The van der Waals surface area contributed by atoms with Crippen molar-refractivity contribution in [1.29, 1.82) is 0 Å². The van der Waals surface area contributed by atoms with Gasteiger partial charge in [0, 0.05) is 36.3 Å². The first-order chi connectivity index (χ1) is 12.5.